The molecule has 0 saturated carbocycles. The van der Waals surface area contributed by atoms with Gasteiger partial charge in [-0.3, -0.25) is 4.79 Å². The maximum absolute atomic E-state index is 13.6. The Balaban J connectivity index is 1.56. The smallest absolute Gasteiger partial charge is 0.246 e. The van der Waals surface area contributed by atoms with Gasteiger partial charge in [-0.2, -0.15) is 0 Å². The van der Waals surface area contributed by atoms with Gasteiger partial charge in [0.25, 0.3) is 0 Å². The summed E-state index contributed by atoms with van der Waals surface area (Å²) in [4.78, 5) is 15.7. The predicted octanol–water partition coefficient (Wildman–Crippen LogP) is 1.78. The highest BCUT2D eigenvalue weighted by Crippen LogP contribution is 2.19. The average Bonchev–Trinajstić information content (AvgIpc) is 2.73. The van der Waals surface area contributed by atoms with Crippen LogP contribution in [0, 0.1) is 5.82 Å². The minimum absolute atomic E-state index is 0.00621. The first-order valence-electron chi connectivity index (χ1n) is 9.36. The number of benzene rings is 2. The van der Waals surface area contributed by atoms with Crippen LogP contribution in [0.25, 0.3) is 6.08 Å². The maximum atomic E-state index is 13.6. The van der Waals surface area contributed by atoms with Crippen molar-refractivity contribution in [2.45, 2.75) is 6.54 Å². The molecule has 5 nitrogen and oxygen atoms in total. The van der Waals surface area contributed by atoms with Crippen molar-refractivity contribution in [3.63, 3.8) is 0 Å². The van der Waals surface area contributed by atoms with Gasteiger partial charge in [0.15, 0.2) is 0 Å². The van der Waals surface area contributed by atoms with Gasteiger partial charge in [0.05, 0.1) is 46.0 Å². The normalized spacial score (nSPS) is 15.0. The Morgan fingerprint density at radius 1 is 1.11 bits per heavy atom. The summed E-state index contributed by atoms with van der Waals surface area (Å²) in [6.07, 6.45) is 3.39. The Morgan fingerprint density at radius 3 is 2.54 bits per heavy atom. The SMILES string of the molecule is COc1ccccc1/C=C/C(=O)N1CC[NH+](Cc2cc(F)ccc2OC)CC1. The standard InChI is InChI=1S/C22H25FN2O3/c1-27-20-6-4-3-5-17(20)7-10-22(26)25-13-11-24(12-14-25)16-18-15-19(23)8-9-21(18)28-2/h3-10,15H,11-14,16H2,1-2H3/p+1/b10-7+. The molecular formula is C22H26FN2O3+. The van der Waals surface area contributed by atoms with Crippen LogP contribution in [-0.4, -0.2) is 51.2 Å². The van der Waals surface area contributed by atoms with Gasteiger partial charge in [-0.25, -0.2) is 4.39 Å². The van der Waals surface area contributed by atoms with Crippen molar-refractivity contribution in [1.29, 1.82) is 0 Å². The van der Waals surface area contributed by atoms with Crippen molar-refractivity contribution in [3.05, 3.63) is 65.5 Å². The highest BCUT2D eigenvalue weighted by Gasteiger charge is 2.23. The Kier molecular flexibility index (Phi) is 6.66. The third-order valence-electron chi connectivity index (χ3n) is 5.01. The summed E-state index contributed by atoms with van der Waals surface area (Å²) in [5, 5.41) is 0. The lowest BCUT2D eigenvalue weighted by molar-refractivity contribution is -0.917. The monoisotopic (exact) mass is 385 g/mol. The van der Waals surface area contributed by atoms with Crippen LogP contribution in [0.15, 0.2) is 48.5 Å². The summed E-state index contributed by atoms with van der Waals surface area (Å²) >= 11 is 0. The second-order valence-electron chi connectivity index (χ2n) is 6.78. The van der Waals surface area contributed by atoms with E-state index in [-0.39, 0.29) is 11.7 Å². The number of carbonyl (C=O) groups excluding carboxylic acids is 1. The van der Waals surface area contributed by atoms with Gasteiger partial charge in [-0.1, -0.05) is 18.2 Å². The molecule has 1 aliphatic rings. The number of nitrogens with zero attached hydrogens (tertiary/aromatic N) is 1. The lowest BCUT2D eigenvalue weighted by atomic mass is 10.1. The summed E-state index contributed by atoms with van der Waals surface area (Å²) in [6, 6.07) is 12.2. The van der Waals surface area contributed by atoms with Crippen LogP contribution in [0.3, 0.4) is 0 Å². The van der Waals surface area contributed by atoms with Crippen LogP contribution in [0.5, 0.6) is 11.5 Å². The zero-order valence-electron chi connectivity index (χ0n) is 16.3. The molecule has 148 valence electrons. The number of amides is 1. The van der Waals surface area contributed by atoms with Crippen molar-refractivity contribution >= 4 is 12.0 Å². The van der Waals surface area contributed by atoms with E-state index < -0.39 is 0 Å². The molecule has 6 heteroatoms. The molecule has 2 aromatic rings. The molecule has 3 rings (SSSR count). The second-order valence-corrected chi connectivity index (χ2v) is 6.78. The average molecular weight is 385 g/mol. The zero-order valence-corrected chi connectivity index (χ0v) is 16.3. The number of methoxy groups -OCH3 is 2. The summed E-state index contributed by atoms with van der Waals surface area (Å²) in [5.41, 5.74) is 1.73. The van der Waals surface area contributed by atoms with Crippen molar-refractivity contribution < 1.29 is 23.6 Å². The molecule has 1 fully saturated rings. The Morgan fingerprint density at radius 2 is 1.82 bits per heavy atom. The molecule has 28 heavy (non-hydrogen) atoms. The number of para-hydroxylation sites is 1. The fraction of sp³-hybridized carbons (Fsp3) is 0.318. The van der Waals surface area contributed by atoms with E-state index in [2.05, 4.69) is 0 Å². The first kappa shape index (κ1) is 19.9. The number of halogens is 1. The number of nitrogens with one attached hydrogen (secondary N) is 1. The van der Waals surface area contributed by atoms with E-state index in [1.807, 2.05) is 29.2 Å². The van der Waals surface area contributed by atoms with Crippen LogP contribution < -0.4 is 14.4 Å². The Bertz CT molecular complexity index is 845. The van der Waals surface area contributed by atoms with E-state index in [9.17, 15) is 9.18 Å². The Hall–Kier alpha value is -2.86. The molecule has 1 amide bonds. The summed E-state index contributed by atoms with van der Waals surface area (Å²) in [7, 11) is 3.21. The fourth-order valence-electron chi connectivity index (χ4n) is 3.45. The maximum Gasteiger partial charge on any atom is 0.246 e. The minimum Gasteiger partial charge on any atom is -0.496 e. The lowest BCUT2D eigenvalue weighted by Crippen LogP contribution is -3.13. The number of hydrogen-bond donors (Lipinski definition) is 1. The lowest BCUT2D eigenvalue weighted by Gasteiger charge is -2.32. The van der Waals surface area contributed by atoms with E-state index in [0.29, 0.717) is 25.4 Å². The van der Waals surface area contributed by atoms with E-state index >= 15 is 0 Å². The van der Waals surface area contributed by atoms with Crippen LogP contribution >= 0.6 is 0 Å². The van der Waals surface area contributed by atoms with Gasteiger partial charge in [0.1, 0.15) is 23.9 Å². The summed E-state index contributed by atoms with van der Waals surface area (Å²) < 4.78 is 24.2. The summed E-state index contributed by atoms with van der Waals surface area (Å²) in [5.74, 6) is 1.18. The largest absolute Gasteiger partial charge is 0.496 e. The van der Waals surface area contributed by atoms with Crippen molar-refractivity contribution in [2.24, 2.45) is 0 Å². The fourth-order valence-corrected chi connectivity index (χ4v) is 3.45. The van der Waals surface area contributed by atoms with Crippen LogP contribution in [0.2, 0.25) is 0 Å². The van der Waals surface area contributed by atoms with Crippen molar-refractivity contribution in [2.75, 3.05) is 40.4 Å². The molecule has 0 aromatic heterocycles. The van der Waals surface area contributed by atoms with Gasteiger partial charge in [-0.15, -0.1) is 0 Å². The highest BCUT2D eigenvalue weighted by molar-refractivity contribution is 5.92. The van der Waals surface area contributed by atoms with Crippen LogP contribution in [-0.2, 0) is 11.3 Å². The van der Waals surface area contributed by atoms with Gasteiger partial charge in [0.2, 0.25) is 5.91 Å². The molecule has 1 saturated heterocycles. The van der Waals surface area contributed by atoms with E-state index in [1.54, 1.807) is 32.4 Å². The molecule has 0 radical (unpaired) electrons. The first-order chi connectivity index (χ1) is 13.6. The molecule has 1 heterocycles. The molecular weight excluding hydrogens is 359 g/mol. The number of ether oxygens (including phenoxy) is 2. The predicted molar refractivity (Wildman–Crippen MR) is 106 cm³/mol. The van der Waals surface area contributed by atoms with Gasteiger partial charge in [0, 0.05) is 11.6 Å². The molecule has 0 bridgehead atoms. The number of hydrogen-bond acceptors (Lipinski definition) is 3. The highest BCUT2D eigenvalue weighted by atomic mass is 19.1. The molecule has 1 aliphatic heterocycles. The van der Waals surface area contributed by atoms with E-state index in [4.69, 9.17) is 9.47 Å². The minimum atomic E-state index is -0.259. The third-order valence-corrected chi connectivity index (χ3v) is 5.01. The number of piperazine rings is 1. The molecule has 0 aliphatic carbocycles. The molecule has 1 N–H and O–H groups in total. The molecule has 0 atom stereocenters. The van der Waals surface area contributed by atoms with Gasteiger partial charge < -0.3 is 19.3 Å². The van der Waals surface area contributed by atoms with Gasteiger partial charge >= 0.3 is 0 Å². The number of carbonyl (C=O) groups is 1. The Labute approximate surface area is 165 Å². The zero-order chi connectivity index (χ0) is 19.9. The van der Waals surface area contributed by atoms with E-state index in [1.165, 1.54) is 17.0 Å². The van der Waals surface area contributed by atoms with Crippen LogP contribution in [0.1, 0.15) is 11.1 Å². The quantitative estimate of drug-likeness (QED) is 0.771. The molecule has 2 aromatic carbocycles. The van der Waals surface area contributed by atoms with Crippen molar-refractivity contribution in [3.8, 4) is 11.5 Å². The van der Waals surface area contributed by atoms with E-state index in [0.717, 1.165) is 30.0 Å². The van der Waals surface area contributed by atoms with Gasteiger partial charge in [-0.05, 0) is 30.3 Å². The second kappa shape index (κ2) is 9.37. The van der Waals surface area contributed by atoms with Crippen molar-refractivity contribution in [1.82, 2.24) is 4.90 Å². The molecule has 0 unspecified atom stereocenters. The third kappa shape index (κ3) is 4.89. The number of rotatable bonds is 6. The number of quaternary nitrogens is 1. The summed E-state index contributed by atoms with van der Waals surface area (Å²) in [6.45, 7) is 3.64. The van der Waals surface area contributed by atoms with Crippen LogP contribution in [0.4, 0.5) is 4.39 Å². The topological polar surface area (TPSA) is 43.2 Å². The molecule has 0 spiro atoms. The first-order valence-corrected chi connectivity index (χ1v) is 9.36.